The SMILES string of the molecule is CC(C)c1ccc(OP(=O)(O)O)c(OC(=O)c2ccccc2)c1. The third-order valence-corrected chi connectivity index (χ3v) is 3.50. The molecule has 2 N–H and O–H groups in total. The van der Waals surface area contributed by atoms with Crippen LogP contribution in [0, 0.1) is 0 Å². The molecule has 0 unspecified atom stereocenters. The minimum absolute atomic E-state index is 0.0339. The molecule has 0 amide bonds. The van der Waals surface area contributed by atoms with Gasteiger partial charge in [0.15, 0.2) is 11.5 Å². The van der Waals surface area contributed by atoms with Gasteiger partial charge >= 0.3 is 13.8 Å². The predicted molar refractivity (Wildman–Crippen MR) is 84.6 cm³/mol. The minimum Gasteiger partial charge on any atom is -0.419 e. The maximum Gasteiger partial charge on any atom is 0.524 e. The van der Waals surface area contributed by atoms with Gasteiger partial charge < -0.3 is 9.26 Å². The first-order valence-corrected chi connectivity index (χ1v) is 8.45. The zero-order valence-electron chi connectivity index (χ0n) is 12.7. The Labute approximate surface area is 133 Å². The highest BCUT2D eigenvalue weighted by atomic mass is 31.2. The highest BCUT2D eigenvalue weighted by Gasteiger charge is 2.21. The van der Waals surface area contributed by atoms with Crippen LogP contribution in [0.4, 0.5) is 0 Å². The zero-order valence-corrected chi connectivity index (χ0v) is 13.6. The quantitative estimate of drug-likeness (QED) is 0.493. The lowest BCUT2D eigenvalue weighted by Crippen LogP contribution is -2.09. The summed E-state index contributed by atoms with van der Waals surface area (Å²) in [5.41, 5.74) is 1.17. The summed E-state index contributed by atoms with van der Waals surface area (Å²) in [5, 5.41) is 0. The Hall–Kier alpha value is -2.14. The zero-order chi connectivity index (χ0) is 17.0. The summed E-state index contributed by atoms with van der Waals surface area (Å²) in [4.78, 5) is 30.1. The Kier molecular flexibility index (Phi) is 5.21. The highest BCUT2D eigenvalue weighted by Crippen LogP contribution is 2.43. The second-order valence-corrected chi connectivity index (χ2v) is 6.36. The first-order chi connectivity index (χ1) is 10.8. The number of ether oxygens (including phenoxy) is 1. The van der Waals surface area contributed by atoms with Gasteiger partial charge in [0.1, 0.15) is 0 Å². The highest BCUT2D eigenvalue weighted by molar-refractivity contribution is 7.46. The summed E-state index contributed by atoms with van der Waals surface area (Å²) < 4.78 is 20.9. The fourth-order valence-electron chi connectivity index (χ4n) is 1.90. The van der Waals surface area contributed by atoms with Crippen LogP contribution in [0.3, 0.4) is 0 Å². The van der Waals surface area contributed by atoms with Crippen molar-refractivity contribution in [1.82, 2.24) is 0 Å². The molecule has 0 saturated carbocycles. The molecule has 0 aliphatic rings. The van der Waals surface area contributed by atoms with Crippen molar-refractivity contribution in [3.8, 4) is 11.5 Å². The van der Waals surface area contributed by atoms with Gasteiger partial charge in [-0.1, -0.05) is 38.1 Å². The molecule has 2 aromatic rings. The second kappa shape index (κ2) is 6.96. The standard InChI is InChI=1S/C16H17O6P/c1-11(2)13-8-9-14(22-23(18,19)20)15(10-13)21-16(17)12-6-4-3-5-7-12/h3-11H,1-2H3,(H2,18,19,20). The van der Waals surface area contributed by atoms with Crippen LogP contribution < -0.4 is 9.26 Å². The van der Waals surface area contributed by atoms with Crippen LogP contribution in [0.25, 0.3) is 0 Å². The van der Waals surface area contributed by atoms with Gasteiger partial charge in [-0.2, -0.15) is 0 Å². The minimum atomic E-state index is -4.76. The molecular weight excluding hydrogens is 319 g/mol. The van der Waals surface area contributed by atoms with Gasteiger partial charge in [0.2, 0.25) is 0 Å². The number of esters is 1. The third kappa shape index (κ3) is 4.93. The average Bonchev–Trinajstić information content (AvgIpc) is 2.48. The number of phosphoric acid groups is 1. The smallest absolute Gasteiger partial charge is 0.419 e. The topological polar surface area (TPSA) is 93.1 Å². The number of benzene rings is 2. The van der Waals surface area contributed by atoms with E-state index < -0.39 is 13.8 Å². The number of carbonyl (C=O) groups is 1. The molecule has 2 aromatic carbocycles. The van der Waals surface area contributed by atoms with Crippen molar-refractivity contribution in [3.63, 3.8) is 0 Å². The maximum atomic E-state index is 12.1. The Morgan fingerprint density at radius 3 is 2.26 bits per heavy atom. The van der Waals surface area contributed by atoms with Gasteiger partial charge in [0.25, 0.3) is 0 Å². The Morgan fingerprint density at radius 1 is 1.04 bits per heavy atom. The first kappa shape index (κ1) is 17.2. The van der Waals surface area contributed by atoms with Crippen molar-refractivity contribution >= 4 is 13.8 Å². The van der Waals surface area contributed by atoms with Crippen molar-refractivity contribution < 1.29 is 28.4 Å². The van der Waals surface area contributed by atoms with Crippen molar-refractivity contribution in [2.24, 2.45) is 0 Å². The van der Waals surface area contributed by atoms with Crippen molar-refractivity contribution in [3.05, 3.63) is 59.7 Å². The molecule has 2 rings (SSSR count). The molecule has 0 spiro atoms. The second-order valence-electron chi connectivity index (χ2n) is 5.20. The molecule has 122 valence electrons. The average molecular weight is 336 g/mol. The van der Waals surface area contributed by atoms with E-state index in [4.69, 9.17) is 14.5 Å². The normalized spacial score (nSPS) is 11.3. The van der Waals surface area contributed by atoms with E-state index >= 15 is 0 Å². The van der Waals surface area contributed by atoms with Crippen molar-refractivity contribution in [2.75, 3.05) is 0 Å². The van der Waals surface area contributed by atoms with E-state index in [2.05, 4.69) is 4.52 Å². The molecule has 0 radical (unpaired) electrons. The van der Waals surface area contributed by atoms with E-state index in [1.807, 2.05) is 13.8 Å². The van der Waals surface area contributed by atoms with Crippen LogP contribution in [0.2, 0.25) is 0 Å². The van der Waals surface area contributed by atoms with Crippen LogP contribution in [0.1, 0.15) is 35.7 Å². The predicted octanol–water partition coefficient (Wildman–Crippen LogP) is 3.50. The summed E-state index contributed by atoms with van der Waals surface area (Å²) >= 11 is 0. The lowest BCUT2D eigenvalue weighted by molar-refractivity contribution is 0.0729. The molecule has 0 saturated heterocycles. The molecular formula is C16H17O6P. The fraction of sp³-hybridized carbons (Fsp3) is 0.188. The molecule has 0 aliphatic carbocycles. The molecule has 0 heterocycles. The summed E-state index contributed by atoms with van der Waals surface area (Å²) in [6.07, 6.45) is 0. The van der Waals surface area contributed by atoms with E-state index in [1.165, 1.54) is 12.1 Å². The summed E-state index contributed by atoms with van der Waals surface area (Å²) in [6.45, 7) is 3.89. The molecule has 7 heteroatoms. The number of carbonyl (C=O) groups excluding carboxylic acids is 1. The third-order valence-electron chi connectivity index (χ3n) is 3.06. The van der Waals surface area contributed by atoms with Crippen molar-refractivity contribution in [2.45, 2.75) is 19.8 Å². The first-order valence-electron chi connectivity index (χ1n) is 6.92. The molecule has 23 heavy (non-hydrogen) atoms. The van der Waals surface area contributed by atoms with Crippen LogP contribution in [-0.2, 0) is 4.57 Å². The number of hydrogen-bond acceptors (Lipinski definition) is 4. The lowest BCUT2D eigenvalue weighted by atomic mass is 10.0. The number of rotatable bonds is 5. The van der Waals surface area contributed by atoms with Crippen molar-refractivity contribution in [1.29, 1.82) is 0 Å². The van der Waals surface area contributed by atoms with Gasteiger partial charge in [0, 0.05) is 0 Å². The molecule has 6 nitrogen and oxygen atoms in total. The Morgan fingerprint density at radius 2 is 1.70 bits per heavy atom. The van der Waals surface area contributed by atoms with Gasteiger partial charge in [0.05, 0.1) is 5.56 Å². The molecule has 0 aliphatic heterocycles. The van der Waals surface area contributed by atoms with Crippen LogP contribution in [0.5, 0.6) is 11.5 Å². The number of hydrogen-bond donors (Lipinski definition) is 2. The molecule has 0 bridgehead atoms. The summed E-state index contributed by atoms with van der Waals surface area (Å²) in [7, 11) is -4.76. The molecule has 0 atom stereocenters. The van der Waals surface area contributed by atoms with Gasteiger partial charge in [-0.3, -0.25) is 9.79 Å². The maximum absolute atomic E-state index is 12.1. The summed E-state index contributed by atoms with van der Waals surface area (Å²) in [6, 6.07) is 12.9. The largest absolute Gasteiger partial charge is 0.524 e. The Balaban J connectivity index is 2.35. The van der Waals surface area contributed by atoms with Crippen LogP contribution >= 0.6 is 7.82 Å². The van der Waals surface area contributed by atoms with E-state index in [9.17, 15) is 9.36 Å². The van der Waals surface area contributed by atoms with Crippen LogP contribution in [-0.4, -0.2) is 15.8 Å². The van der Waals surface area contributed by atoms with E-state index in [1.54, 1.807) is 36.4 Å². The summed E-state index contributed by atoms with van der Waals surface area (Å²) in [5.74, 6) is -0.712. The number of phosphoric ester groups is 1. The van der Waals surface area contributed by atoms with Gasteiger partial charge in [-0.15, -0.1) is 0 Å². The lowest BCUT2D eigenvalue weighted by Gasteiger charge is -2.14. The van der Waals surface area contributed by atoms with Gasteiger partial charge in [-0.05, 0) is 35.7 Å². The molecule has 0 aromatic heterocycles. The van der Waals surface area contributed by atoms with E-state index in [0.29, 0.717) is 5.56 Å². The van der Waals surface area contributed by atoms with E-state index in [0.717, 1.165) is 5.56 Å². The van der Waals surface area contributed by atoms with Gasteiger partial charge in [-0.25, -0.2) is 9.36 Å². The van der Waals surface area contributed by atoms with Crippen LogP contribution in [0.15, 0.2) is 48.5 Å². The molecule has 0 fully saturated rings. The Bertz CT molecular complexity index is 735. The fourth-order valence-corrected chi connectivity index (χ4v) is 2.31. The monoisotopic (exact) mass is 336 g/mol. The van der Waals surface area contributed by atoms with E-state index in [-0.39, 0.29) is 17.4 Å².